The van der Waals surface area contributed by atoms with E-state index in [0.29, 0.717) is 24.0 Å². The SMILES string of the molecule is C[N+]1(CCOC(=O)c2cccc(F)c2F)CC[C@@H](C(C(=N)[O-])(c2ccccc2)c2ccccc2)C1. The summed E-state index contributed by atoms with van der Waals surface area (Å²) in [6.45, 7) is 1.80. The molecule has 0 bridgehead atoms. The minimum Gasteiger partial charge on any atom is -0.861 e. The number of halogens is 2. The molecule has 0 amide bonds. The summed E-state index contributed by atoms with van der Waals surface area (Å²) in [6, 6.07) is 22.3. The van der Waals surface area contributed by atoms with Gasteiger partial charge in [-0.05, 0) is 29.2 Å². The first-order valence-electron chi connectivity index (χ1n) is 11.6. The number of hydrogen-bond donors (Lipinski definition) is 1. The summed E-state index contributed by atoms with van der Waals surface area (Å²) in [6.07, 6.45) is 0.706. The van der Waals surface area contributed by atoms with Crippen molar-refractivity contribution in [1.29, 1.82) is 5.41 Å². The molecule has 0 aromatic heterocycles. The van der Waals surface area contributed by atoms with Gasteiger partial charge in [0, 0.05) is 12.3 Å². The lowest BCUT2D eigenvalue weighted by Crippen LogP contribution is -2.52. The number of rotatable bonds is 8. The molecule has 0 aliphatic carbocycles. The Morgan fingerprint density at radius 2 is 1.63 bits per heavy atom. The number of likely N-dealkylation sites (N-methyl/N-ethyl adjacent to an activating group) is 1. The average molecular weight is 479 g/mol. The van der Waals surface area contributed by atoms with Crippen molar-refractivity contribution in [3.8, 4) is 0 Å². The molecule has 1 fully saturated rings. The van der Waals surface area contributed by atoms with Crippen LogP contribution in [0.3, 0.4) is 0 Å². The zero-order valence-electron chi connectivity index (χ0n) is 19.5. The number of hydrogen-bond acceptors (Lipinski definition) is 4. The summed E-state index contributed by atoms with van der Waals surface area (Å²) >= 11 is 0. The summed E-state index contributed by atoms with van der Waals surface area (Å²) < 4.78 is 33.1. The molecule has 0 saturated carbocycles. The molecule has 3 aromatic carbocycles. The molecule has 0 radical (unpaired) electrons. The van der Waals surface area contributed by atoms with Crippen molar-refractivity contribution < 1.29 is 27.9 Å². The Morgan fingerprint density at radius 1 is 1.03 bits per heavy atom. The largest absolute Gasteiger partial charge is 0.861 e. The highest BCUT2D eigenvalue weighted by Gasteiger charge is 2.49. The van der Waals surface area contributed by atoms with Gasteiger partial charge in [0.1, 0.15) is 13.2 Å². The number of carbonyl (C=O) groups is 1. The summed E-state index contributed by atoms with van der Waals surface area (Å²) in [5, 5.41) is 21.5. The van der Waals surface area contributed by atoms with Crippen LogP contribution in [0.15, 0.2) is 78.9 Å². The van der Waals surface area contributed by atoms with Crippen LogP contribution in [-0.2, 0) is 10.2 Å². The van der Waals surface area contributed by atoms with Gasteiger partial charge in [0.15, 0.2) is 11.6 Å². The van der Waals surface area contributed by atoms with Crippen molar-refractivity contribution in [2.75, 3.05) is 33.3 Å². The molecule has 1 aliphatic rings. The molecule has 182 valence electrons. The van der Waals surface area contributed by atoms with Crippen molar-refractivity contribution >= 4 is 11.9 Å². The number of quaternary nitrogens is 1. The molecule has 1 heterocycles. The molecule has 7 heteroatoms. The Hall–Kier alpha value is -3.58. The van der Waals surface area contributed by atoms with E-state index in [0.717, 1.165) is 23.7 Å². The van der Waals surface area contributed by atoms with Crippen molar-refractivity contribution in [1.82, 2.24) is 0 Å². The summed E-state index contributed by atoms with van der Waals surface area (Å²) in [4.78, 5) is 12.3. The average Bonchev–Trinajstić information content (AvgIpc) is 3.24. The molecular formula is C28H28F2N2O3. The highest BCUT2D eigenvalue weighted by molar-refractivity contribution is 5.89. The number of esters is 1. The number of carbonyl (C=O) groups excluding carboxylic acids is 1. The molecule has 2 atom stereocenters. The quantitative estimate of drug-likeness (QED) is 0.231. The van der Waals surface area contributed by atoms with E-state index in [-0.39, 0.29) is 12.5 Å². The van der Waals surface area contributed by atoms with Gasteiger partial charge < -0.3 is 19.7 Å². The molecule has 5 nitrogen and oxygen atoms in total. The van der Waals surface area contributed by atoms with Crippen LogP contribution in [0.4, 0.5) is 8.78 Å². The molecule has 3 aromatic rings. The second-order valence-corrected chi connectivity index (χ2v) is 9.34. The Kier molecular flexibility index (Phi) is 6.98. The molecule has 0 spiro atoms. The van der Waals surface area contributed by atoms with Crippen LogP contribution >= 0.6 is 0 Å². The lowest BCUT2D eigenvalue weighted by Gasteiger charge is -2.43. The molecule has 4 rings (SSSR count). The number of benzene rings is 3. The topological polar surface area (TPSA) is 73.2 Å². The first-order valence-corrected chi connectivity index (χ1v) is 11.6. The molecule has 1 unspecified atom stereocenters. The minimum absolute atomic E-state index is 0.0243. The van der Waals surface area contributed by atoms with Gasteiger partial charge in [-0.3, -0.25) is 0 Å². The Labute approximate surface area is 203 Å². The minimum atomic E-state index is -1.22. The fourth-order valence-electron chi connectivity index (χ4n) is 5.32. The van der Waals surface area contributed by atoms with E-state index in [1.807, 2.05) is 67.7 Å². The van der Waals surface area contributed by atoms with Crippen LogP contribution < -0.4 is 5.11 Å². The molecule has 35 heavy (non-hydrogen) atoms. The van der Waals surface area contributed by atoms with Gasteiger partial charge in [-0.2, -0.15) is 0 Å². The van der Waals surface area contributed by atoms with Gasteiger partial charge >= 0.3 is 5.97 Å². The third kappa shape index (κ3) is 4.68. The highest BCUT2D eigenvalue weighted by Crippen LogP contribution is 2.45. The molecule has 1 N–H and O–H groups in total. The van der Waals surface area contributed by atoms with Gasteiger partial charge in [0.05, 0.1) is 31.1 Å². The molecule has 1 saturated heterocycles. The van der Waals surface area contributed by atoms with Gasteiger partial charge in [0.2, 0.25) is 0 Å². The zero-order valence-corrected chi connectivity index (χ0v) is 19.5. The highest BCUT2D eigenvalue weighted by atomic mass is 19.2. The summed E-state index contributed by atoms with van der Waals surface area (Å²) in [7, 11) is 2.02. The van der Waals surface area contributed by atoms with Crippen LogP contribution in [-0.4, -0.2) is 49.6 Å². The number of nitrogens with one attached hydrogen (secondary N) is 1. The van der Waals surface area contributed by atoms with E-state index in [1.165, 1.54) is 12.1 Å². The second-order valence-electron chi connectivity index (χ2n) is 9.34. The standard InChI is InChI=1S/C28H28F2N2O3/c1-32(17-18-35-26(33)23-13-8-14-24(29)25(23)30)16-15-22(19-32)28(27(31)34,20-9-4-2-5-10-20)21-11-6-3-7-12-21/h2-14,22H,15-19H2,1H3,(H-,31,34)/t22-,32?/m1/s1. The molecular weight excluding hydrogens is 450 g/mol. The monoisotopic (exact) mass is 478 g/mol. The van der Waals surface area contributed by atoms with E-state index in [9.17, 15) is 18.7 Å². The van der Waals surface area contributed by atoms with Gasteiger partial charge in [-0.15, -0.1) is 0 Å². The van der Waals surface area contributed by atoms with Crippen molar-refractivity contribution in [3.63, 3.8) is 0 Å². The first-order chi connectivity index (χ1) is 16.8. The van der Waals surface area contributed by atoms with Crippen molar-refractivity contribution in [3.05, 3.63) is 107 Å². The summed E-state index contributed by atoms with van der Waals surface area (Å²) in [5.41, 5.74) is 0.0362. The van der Waals surface area contributed by atoms with E-state index in [1.54, 1.807) is 0 Å². The van der Waals surface area contributed by atoms with Crippen LogP contribution in [0.5, 0.6) is 0 Å². The Bertz CT molecular complexity index is 1160. The maximum Gasteiger partial charge on any atom is 0.341 e. The van der Waals surface area contributed by atoms with E-state index >= 15 is 0 Å². The van der Waals surface area contributed by atoms with Crippen LogP contribution in [0.1, 0.15) is 27.9 Å². The zero-order chi connectivity index (χ0) is 25.1. The smallest absolute Gasteiger partial charge is 0.341 e. The van der Waals surface area contributed by atoms with Gasteiger partial charge in [-0.25, -0.2) is 13.6 Å². The second kappa shape index (κ2) is 9.96. The normalized spacial score (nSPS) is 19.9. The van der Waals surface area contributed by atoms with Gasteiger partial charge in [-0.1, -0.05) is 66.7 Å². The fraction of sp³-hybridized carbons (Fsp3) is 0.286. The van der Waals surface area contributed by atoms with E-state index in [4.69, 9.17) is 10.1 Å². The Morgan fingerprint density at radius 3 is 2.20 bits per heavy atom. The number of ether oxygens (including phenoxy) is 1. The predicted octanol–water partition coefficient (Wildman–Crippen LogP) is 3.91. The van der Waals surface area contributed by atoms with Crippen molar-refractivity contribution in [2.24, 2.45) is 5.92 Å². The number of likely N-dealkylation sites (tertiary alicyclic amines) is 1. The maximum atomic E-state index is 13.9. The fourth-order valence-corrected chi connectivity index (χ4v) is 5.32. The van der Waals surface area contributed by atoms with Crippen LogP contribution in [0.25, 0.3) is 0 Å². The number of nitrogens with zero attached hydrogens (tertiary/aromatic N) is 1. The van der Waals surface area contributed by atoms with Gasteiger partial charge in [0.25, 0.3) is 0 Å². The molecule has 1 aliphatic heterocycles. The summed E-state index contributed by atoms with van der Waals surface area (Å²) in [5.74, 6) is -4.02. The lowest BCUT2D eigenvalue weighted by molar-refractivity contribution is -0.899. The van der Waals surface area contributed by atoms with E-state index < -0.39 is 34.5 Å². The third-order valence-electron chi connectivity index (χ3n) is 7.14. The predicted molar refractivity (Wildman–Crippen MR) is 127 cm³/mol. The maximum absolute atomic E-state index is 13.9. The van der Waals surface area contributed by atoms with E-state index in [2.05, 4.69) is 0 Å². The first kappa shape index (κ1) is 24.5. The van der Waals surface area contributed by atoms with Crippen molar-refractivity contribution in [2.45, 2.75) is 11.8 Å². The van der Waals surface area contributed by atoms with Crippen LogP contribution in [0.2, 0.25) is 0 Å². The van der Waals surface area contributed by atoms with Crippen LogP contribution in [0, 0.1) is 23.0 Å². The Balaban J connectivity index is 1.54. The lowest BCUT2D eigenvalue weighted by atomic mass is 9.65. The third-order valence-corrected chi connectivity index (χ3v) is 7.14.